The van der Waals surface area contributed by atoms with E-state index in [0.29, 0.717) is 6.54 Å². The van der Waals surface area contributed by atoms with Crippen molar-refractivity contribution in [1.29, 1.82) is 0 Å². The molecular weight excluding hydrogens is 354 g/mol. The van der Waals surface area contributed by atoms with Crippen molar-refractivity contribution in [3.63, 3.8) is 0 Å². The second kappa shape index (κ2) is 8.87. The zero-order chi connectivity index (χ0) is 20.1. The lowest BCUT2D eigenvalue weighted by molar-refractivity contribution is 0.191. The molecule has 0 spiro atoms. The molecule has 0 saturated carbocycles. The first-order valence-corrected chi connectivity index (χ1v) is 9.56. The minimum atomic E-state index is -0.0531. The van der Waals surface area contributed by atoms with Gasteiger partial charge in [0.05, 0.1) is 20.3 Å². The number of carbonyl (C=O) groups is 1. The minimum Gasteiger partial charge on any atom is -0.497 e. The number of likely N-dealkylation sites (tertiary alicyclic amines) is 1. The minimum absolute atomic E-state index is 0.0156. The van der Waals surface area contributed by atoms with E-state index in [1.54, 1.807) is 14.2 Å². The Morgan fingerprint density at radius 3 is 2.71 bits per heavy atom. The number of anilines is 1. The molecule has 150 valence electrons. The van der Waals surface area contributed by atoms with E-state index in [2.05, 4.69) is 22.3 Å². The Labute approximate surface area is 167 Å². The van der Waals surface area contributed by atoms with Crippen LogP contribution in [0.5, 0.6) is 11.5 Å². The largest absolute Gasteiger partial charge is 0.497 e. The normalized spacial score (nSPS) is 16.0. The second-order valence-corrected chi connectivity index (χ2v) is 7.18. The van der Waals surface area contributed by atoms with Gasteiger partial charge in [0.25, 0.3) is 0 Å². The maximum atomic E-state index is 12.9. The first-order valence-electron chi connectivity index (χ1n) is 9.56. The predicted octanol–water partition coefficient (Wildman–Crippen LogP) is 3.82. The fraction of sp³-hybridized carbons (Fsp3) is 0.409. The van der Waals surface area contributed by atoms with Gasteiger partial charge in [-0.05, 0) is 48.7 Å². The maximum absolute atomic E-state index is 12.9. The Kier molecular flexibility index (Phi) is 6.29. The van der Waals surface area contributed by atoms with Crippen LogP contribution >= 0.6 is 0 Å². The van der Waals surface area contributed by atoms with Crippen molar-refractivity contribution in [2.45, 2.75) is 25.4 Å². The molecule has 28 heavy (non-hydrogen) atoms. The average molecular weight is 383 g/mol. The number of nitrogens with one attached hydrogen (secondary N) is 1. The first kappa shape index (κ1) is 19.9. The van der Waals surface area contributed by atoms with E-state index in [0.717, 1.165) is 47.7 Å². The second-order valence-electron chi connectivity index (χ2n) is 7.18. The Morgan fingerprint density at radius 1 is 1.18 bits per heavy atom. The van der Waals surface area contributed by atoms with Gasteiger partial charge in [-0.15, -0.1) is 0 Å². The highest BCUT2D eigenvalue weighted by Crippen LogP contribution is 2.38. The van der Waals surface area contributed by atoms with E-state index in [4.69, 9.17) is 9.47 Å². The number of methoxy groups -OCH3 is 2. The summed E-state index contributed by atoms with van der Waals surface area (Å²) in [6, 6.07) is 13.9. The summed E-state index contributed by atoms with van der Waals surface area (Å²) in [7, 11) is 7.32. The van der Waals surface area contributed by atoms with Gasteiger partial charge in [0.1, 0.15) is 11.5 Å². The summed E-state index contributed by atoms with van der Waals surface area (Å²) in [5.74, 6) is 1.55. The monoisotopic (exact) mass is 383 g/mol. The third-order valence-electron chi connectivity index (χ3n) is 5.18. The van der Waals surface area contributed by atoms with Crippen molar-refractivity contribution < 1.29 is 14.3 Å². The van der Waals surface area contributed by atoms with Gasteiger partial charge >= 0.3 is 6.03 Å². The first-order chi connectivity index (χ1) is 13.5. The number of carbonyl (C=O) groups excluding carboxylic acids is 1. The van der Waals surface area contributed by atoms with E-state index < -0.39 is 0 Å². The summed E-state index contributed by atoms with van der Waals surface area (Å²) >= 11 is 0. The molecule has 1 aliphatic rings. The smallest absolute Gasteiger partial charge is 0.318 e. The quantitative estimate of drug-likeness (QED) is 0.824. The molecule has 1 heterocycles. The lowest BCUT2D eigenvalue weighted by atomic mass is 10.0. The average Bonchev–Trinajstić information content (AvgIpc) is 3.21. The van der Waals surface area contributed by atoms with Crippen molar-refractivity contribution in [2.75, 3.05) is 39.8 Å². The predicted molar refractivity (Wildman–Crippen MR) is 111 cm³/mol. The van der Waals surface area contributed by atoms with Crippen LogP contribution in [0.4, 0.5) is 10.5 Å². The summed E-state index contributed by atoms with van der Waals surface area (Å²) in [4.78, 5) is 16.9. The molecule has 3 rings (SSSR count). The topological polar surface area (TPSA) is 54.0 Å². The Morgan fingerprint density at radius 2 is 2.00 bits per heavy atom. The number of nitrogens with zero attached hydrogens (tertiary/aromatic N) is 2. The molecule has 1 N–H and O–H groups in total. The molecule has 2 amide bonds. The molecule has 1 atom stereocenters. The van der Waals surface area contributed by atoms with Crippen molar-refractivity contribution in [2.24, 2.45) is 0 Å². The molecule has 2 aromatic rings. The van der Waals surface area contributed by atoms with Gasteiger partial charge in [-0.3, -0.25) is 0 Å². The molecule has 1 aliphatic heterocycles. The Balaban J connectivity index is 1.72. The van der Waals surface area contributed by atoms with E-state index in [9.17, 15) is 4.79 Å². The third kappa shape index (κ3) is 4.32. The molecule has 0 aromatic heterocycles. The summed E-state index contributed by atoms with van der Waals surface area (Å²) in [5, 5.41) is 3.07. The van der Waals surface area contributed by atoms with E-state index in [1.807, 2.05) is 49.3 Å². The van der Waals surface area contributed by atoms with Crippen LogP contribution in [0, 0.1) is 0 Å². The molecule has 0 aliphatic carbocycles. The summed E-state index contributed by atoms with van der Waals surface area (Å²) in [6.07, 6.45) is 1.88. The number of ether oxygens (including phenoxy) is 2. The van der Waals surface area contributed by atoms with Gasteiger partial charge in [-0.25, -0.2) is 4.79 Å². The van der Waals surface area contributed by atoms with Crippen LogP contribution in [0.1, 0.15) is 30.0 Å². The molecule has 1 saturated heterocycles. The van der Waals surface area contributed by atoms with Crippen molar-refractivity contribution in [3.05, 3.63) is 53.6 Å². The van der Waals surface area contributed by atoms with Gasteiger partial charge in [0, 0.05) is 38.4 Å². The molecule has 0 bridgehead atoms. The molecular formula is C22H29N3O3. The Bertz CT molecular complexity index is 822. The molecule has 6 nitrogen and oxygen atoms in total. The molecule has 1 unspecified atom stereocenters. The van der Waals surface area contributed by atoms with E-state index >= 15 is 0 Å². The van der Waals surface area contributed by atoms with E-state index in [-0.39, 0.29) is 12.1 Å². The van der Waals surface area contributed by atoms with Gasteiger partial charge in [0.2, 0.25) is 0 Å². The molecule has 0 radical (unpaired) electrons. The highest BCUT2D eigenvalue weighted by Gasteiger charge is 2.32. The van der Waals surface area contributed by atoms with Crippen LogP contribution in [0.25, 0.3) is 0 Å². The van der Waals surface area contributed by atoms with Crippen LogP contribution in [-0.4, -0.2) is 45.8 Å². The highest BCUT2D eigenvalue weighted by atomic mass is 16.5. The summed E-state index contributed by atoms with van der Waals surface area (Å²) < 4.78 is 10.9. The Hall–Kier alpha value is -2.89. The number of hydrogen-bond donors (Lipinski definition) is 1. The number of hydrogen-bond acceptors (Lipinski definition) is 4. The van der Waals surface area contributed by atoms with Crippen LogP contribution in [0.15, 0.2) is 42.5 Å². The van der Waals surface area contributed by atoms with Crippen LogP contribution in [0.3, 0.4) is 0 Å². The van der Waals surface area contributed by atoms with Crippen molar-refractivity contribution in [3.8, 4) is 11.5 Å². The zero-order valence-electron chi connectivity index (χ0n) is 17.1. The lowest BCUT2D eigenvalue weighted by Gasteiger charge is -2.27. The molecule has 2 aromatic carbocycles. The van der Waals surface area contributed by atoms with Crippen molar-refractivity contribution >= 4 is 11.7 Å². The molecule has 6 heteroatoms. The standard InChI is InChI=1S/C22H29N3O3/c1-24(2)17-8-5-7-16(13-17)15-23-22(26)25-12-6-9-20(25)19-14-18(27-3)10-11-21(19)28-4/h5,7-8,10-11,13-14,20H,6,9,12,15H2,1-4H3,(H,23,26). The summed E-state index contributed by atoms with van der Waals surface area (Å²) in [5.41, 5.74) is 3.19. The van der Waals surface area contributed by atoms with Crippen LogP contribution in [-0.2, 0) is 6.54 Å². The van der Waals surface area contributed by atoms with Crippen LogP contribution in [0.2, 0.25) is 0 Å². The van der Waals surface area contributed by atoms with E-state index in [1.165, 1.54) is 0 Å². The maximum Gasteiger partial charge on any atom is 0.318 e. The zero-order valence-corrected chi connectivity index (χ0v) is 17.1. The van der Waals surface area contributed by atoms with Gasteiger partial charge < -0.3 is 24.6 Å². The van der Waals surface area contributed by atoms with Gasteiger partial charge in [-0.1, -0.05) is 12.1 Å². The van der Waals surface area contributed by atoms with Crippen molar-refractivity contribution in [1.82, 2.24) is 10.2 Å². The highest BCUT2D eigenvalue weighted by molar-refractivity contribution is 5.75. The van der Waals surface area contributed by atoms with Crippen LogP contribution < -0.4 is 19.7 Å². The van der Waals surface area contributed by atoms with Gasteiger partial charge in [-0.2, -0.15) is 0 Å². The fourth-order valence-electron chi connectivity index (χ4n) is 3.66. The summed E-state index contributed by atoms with van der Waals surface area (Å²) in [6.45, 7) is 1.23. The fourth-order valence-corrected chi connectivity index (χ4v) is 3.66. The lowest BCUT2D eigenvalue weighted by Crippen LogP contribution is -2.39. The number of amides is 2. The SMILES string of the molecule is COc1ccc(OC)c(C2CCCN2C(=O)NCc2cccc(N(C)C)c2)c1. The molecule has 1 fully saturated rings. The van der Waals surface area contributed by atoms with Gasteiger partial charge in [0.15, 0.2) is 0 Å². The number of benzene rings is 2. The number of urea groups is 1. The third-order valence-corrected chi connectivity index (χ3v) is 5.18. The number of rotatable bonds is 6.